The van der Waals surface area contributed by atoms with Crippen LogP contribution in [0.1, 0.15) is 135 Å². The fraction of sp³-hybridized carbons (Fsp3) is 1.00. The molecule has 2 rings (SSSR count). The van der Waals surface area contributed by atoms with Gasteiger partial charge in [0.05, 0.1) is 18.8 Å². The van der Waals surface area contributed by atoms with Gasteiger partial charge in [0.1, 0.15) is 0 Å². The largest absolute Gasteiger partial charge is 0.374 e. The van der Waals surface area contributed by atoms with E-state index in [-0.39, 0.29) is 5.60 Å². The van der Waals surface area contributed by atoms with Crippen molar-refractivity contribution in [1.29, 1.82) is 0 Å². The quantitative estimate of drug-likeness (QED) is 0.176. The third kappa shape index (κ3) is 14.0. The van der Waals surface area contributed by atoms with Gasteiger partial charge in [-0.3, -0.25) is 0 Å². The summed E-state index contributed by atoms with van der Waals surface area (Å²) in [5.41, 5.74) is -0.177. The lowest BCUT2D eigenvalue weighted by molar-refractivity contribution is -0.515. The van der Waals surface area contributed by atoms with Gasteiger partial charge >= 0.3 is 0 Å². The van der Waals surface area contributed by atoms with E-state index < -0.39 is 5.79 Å². The average molecular weight is 583 g/mol. The number of hydrogen-bond acceptors (Lipinski definition) is 5. The maximum absolute atomic E-state index is 6.27. The Morgan fingerprint density at radius 2 is 0.939 bits per heavy atom. The van der Waals surface area contributed by atoms with E-state index in [2.05, 4.69) is 29.5 Å². The molecule has 196 valence electrons. The molecule has 0 bridgehead atoms. The van der Waals surface area contributed by atoms with Gasteiger partial charge in [-0.2, -0.15) is 9.78 Å². The highest BCUT2D eigenvalue weighted by Crippen LogP contribution is 2.31. The molecule has 0 N–H and O–H groups in total. The molecular formula is C27H51IO5. The van der Waals surface area contributed by atoms with Crippen molar-refractivity contribution in [3.8, 4) is 0 Å². The SMILES string of the molecule is CC1(CI)CCOOC2(CCCCCCCCCCC2)OOCCCCCCCCCCO1. The summed E-state index contributed by atoms with van der Waals surface area (Å²) in [5.74, 6) is -0.788. The number of rotatable bonds is 1. The van der Waals surface area contributed by atoms with Gasteiger partial charge in [0.15, 0.2) is 0 Å². The van der Waals surface area contributed by atoms with Crippen LogP contribution in [0.3, 0.4) is 0 Å². The van der Waals surface area contributed by atoms with E-state index in [1.165, 1.54) is 83.5 Å². The van der Waals surface area contributed by atoms with Gasteiger partial charge in [0, 0.05) is 30.3 Å². The maximum atomic E-state index is 6.27. The Morgan fingerprint density at radius 1 is 0.515 bits per heavy atom. The van der Waals surface area contributed by atoms with Crippen molar-refractivity contribution in [2.45, 2.75) is 147 Å². The Labute approximate surface area is 217 Å². The zero-order valence-electron chi connectivity index (χ0n) is 21.4. The fourth-order valence-corrected chi connectivity index (χ4v) is 5.31. The monoisotopic (exact) mass is 582 g/mol. The van der Waals surface area contributed by atoms with Crippen LogP contribution in [-0.4, -0.2) is 35.6 Å². The highest BCUT2D eigenvalue weighted by Gasteiger charge is 2.35. The van der Waals surface area contributed by atoms with Gasteiger partial charge in [-0.05, 0) is 32.6 Å². The Balaban J connectivity index is 1.96. The second kappa shape index (κ2) is 18.8. The standard InChI is InChI=1S/C27H51IO5/c1-26(25-28)21-24-31-33-27(19-15-11-7-3-2-4-8-12-16-20-27)32-30-23-18-14-10-6-5-9-13-17-22-29-26/h2-25H2,1H3. The van der Waals surface area contributed by atoms with Crippen molar-refractivity contribution in [3.05, 3.63) is 0 Å². The van der Waals surface area contributed by atoms with E-state index in [1.807, 2.05) is 0 Å². The first-order valence-corrected chi connectivity index (χ1v) is 15.5. The van der Waals surface area contributed by atoms with Crippen LogP contribution in [0, 0.1) is 0 Å². The summed E-state index contributed by atoms with van der Waals surface area (Å²) in [4.78, 5) is 23.7. The molecule has 1 spiro atoms. The number of ether oxygens (including phenoxy) is 1. The van der Waals surface area contributed by atoms with Crippen LogP contribution in [0.2, 0.25) is 0 Å². The lowest BCUT2D eigenvalue weighted by Crippen LogP contribution is -2.38. The van der Waals surface area contributed by atoms with E-state index in [0.29, 0.717) is 13.2 Å². The van der Waals surface area contributed by atoms with Gasteiger partial charge in [0.2, 0.25) is 5.79 Å². The minimum Gasteiger partial charge on any atom is -0.374 e. The molecule has 1 heterocycles. The Bertz CT molecular complexity index is 452. The smallest absolute Gasteiger partial charge is 0.233 e. The van der Waals surface area contributed by atoms with E-state index in [1.54, 1.807) is 0 Å². The van der Waals surface area contributed by atoms with E-state index in [0.717, 1.165) is 56.0 Å². The van der Waals surface area contributed by atoms with Gasteiger partial charge in [-0.15, -0.1) is 0 Å². The highest BCUT2D eigenvalue weighted by molar-refractivity contribution is 14.1. The molecule has 1 saturated heterocycles. The van der Waals surface area contributed by atoms with Crippen LogP contribution in [0.15, 0.2) is 0 Å². The first-order valence-electron chi connectivity index (χ1n) is 14.0. The van der Waals surface area contributed by atoms with E-state index in [9.17, 15) is 0 Å². The Hall–Kier alpha value is 0.530. The predicted octanol–water partition coefficient (Wildman–Crippen LogP) is 8.62. The van der Waals surface area contributed by atoms with Crippen LogP contribution >= 0.6 is 22.6 Å². The molecule has 1 atom stereocenters. The van der Waals surface area contributed by atoms with Gasteiger partial charge in [-0.1, -0.05) is 106 Å². The van der Waals surface area contributed by atoms with Gasteiger partial charge < -0.3 is 4.74 Å². The second-order valence-corrected chi connectivity index (χ2v) is 11.2. The van der Waals surface area contributed by atoms with Crippen LogP contribution < -0.4 is 0 Å². The van der Waals surface area contributed by atoms with Crippen molar-refractivity contribution >= 4 is 22.6 Å². The summed E-state index contributed by atoms with van der Waals surface area (Å²) in [6.07, 6.45) is 23.6. The summed E-state index contributed by atoms with van der Waals surface area (Å²) >= 11 is 2.43. The molecule has 1 saturated carbocycles. The van der Waals surface area contributed by atoms with Gasteiger partial charge in [-0.25, -0.2) is 9.78 Å². The molecule has 2 fully saturated rings. The van der Waals surface area contributed by atoms with Crippen molar-refractivity contribution in [2.75, 3.05) is 24.2 Å². The predicted molar refractivity (Wildman–Crippen MR) is 142 cm³/mol. The van der Waals surface area contributed by atoms with E-state index >= 15 is 0 Å². The van der Waals surface area contributed by atoms with Crippen molar-refractivity contribution in [2.24, 2.45) is 0 Å². The van der Waals surface area contributed by atoms with E-state index in [4.69, 9.17) is 24.3 Å². The van der Waals surface area contributed by atoms with Crippen LogP contribution in [0.25, 0.3) is 0 Å². The molecular weight excluding hydrogens is 531 g/mol. The van der Waals surface area contributed by atoms with Crippen LogP contribution in [0.4, 0.5) is 0 Å². The molecule has 6 heteroatoms. The number of halogens is 1. The topological polar surface area (TPSA) is 46.2 Å². The molecule has 5 nitrogen and oxygen atoms in total. The van der Waals surface area contributed by atoms with Crippen LogP contribution in [0.5, 0.6) is 0 Å². The first-order chi connectivity index (χ1) is 16.2. The molecule has 0 aromatic heterocycles. The molecule has 2 aliphatic rings. The molecule has 33 heavy (non-hydrogen) atoms. The third-order valence-electron chi connectivity index (χ3n) is 7.11. The summed E-state index contributed by atoms with van der Waals surface area (Å²) in [6.45, 7) is 4.16. The average Bonchev–Trinajstić information content (AvgIpc) is 2.81. The van der Waals surface area contributed by atoms with Crippen LogP contribution in [-0.2, 0) is 24.3 Å². The first kappa shape index (κ1) is 29.8. The van der Waals surface area contributed by atoms with Gasteiger partial charge in [0.25, 0.3) is 0 Å². The fourth-order valence-electron chi connectivity index (χ4n) is 4.71. The molecule has 1 aliphatic carbocycles. The lowest BCUT2D eigenvalue weighted by Gasteiger charge is -2.32. The summed E-state index contributed by atoms with van der Waals surface area (Å²) in [5, 5.41) is 0. The summed E-state index contributed by atoms with van der Waals surface area (Å²) in [6, 6.07) is 0. The molecule has 0 radical (unpaired) electrons. The van der Waals surface area contributed by atoms with Crippen molar-refractivity contribution < 1.29 is 24.3 Å². The molecule has 1 aliphatic heterocycles. The zero-order valence-corrected chi connectivity index (χ0v) is 23.5. The zero-order chi connectivity index (χ0) is 23.5. The molecule has 1 unspecified atom stereocenters. The Kier molecular flexibility index (Phi) is 16.9. The second-order valence-electron chi connectivity index (χ2n) is 10.4. The molecule has 0 aromatic carbocycles. The Morgan fingerprint density at radius 3 is 1.45 bits per heavy atom. The molecule has 0 aromatic rings. The van der Waals surface area contributed by atoms with Crippen molar-refractivity contribution in [1.82, 2.24) is 0 Å². The summed E-state index contributed by atoms with van der Waals surface area (Å²) in [7, 11) is 0. The number of hydrogen-bond donors (Lipinski definition) is 0. The minimum atomic E-state index is -0.788. The maximum Gasteiger partial charge on any atom is 0.233 e. The highest BCUT2D eigenvalue weighted by atomic mass is 127. The minimum absolute atomic E-state index is 0.177. The third-order valence-corrected chi connectivity index (χ3v) is 8.72. The lowest BCUT2D eigenvalue weighted by atomic mass is 9.97. The normalized spacial score (nSPS) is 29.6. The van der Waals surface area contributed by atoms with Crippen molar-refractivity contribution in [3.63, 3.8) is 0 Å². The molecule has 0 amide bonds. The summed E-state index contributed by atoms with van der Waals surface area (Å²) < 4.78 is 7.22. The number of alkyl halides is 1.